The largest absolute Gasteiger partial charge is 0.489 e. The first kappa shape index (κ1) is 14.2. The number of ether oxygens (including phenoxy) is 1. The van der Waals surface area contributed by atoms with Crippen molar-refractivity contribution in [3.63, 3.8) is 0 Å². The van der Waals surface area contributed by atoms with E-state index in [1.165, 1.54) is 6.42 Å². The van der Waals surface area contributed by atoms with Crippen molar-refractivity contribution in [2.75, 3.05) is 0 Å². The molecule has 0 radical (unpaired) electrons. The predicted octanol–water partition coefficient (Wildman–Crippen LogP) is 3.54. The molecule has 0 bridgehead atoms. The highest BCUT2D eigenvalue weighted by atomic mass is 35.5. The summed E-state index contributed by atoms with van der Waals surface area (Å²) in [6.07, 6.45) is 3.31. The summed E-state index contributed by atoms with van der Waals surface area (Å²) in [6, 6.07) is 5.64. The van der Waals surface area contributed by atoms with E-state index in [-0.39, 0.29) is 17.9 Å². The summed E-state index contributed by atoms with van der Waals surface area (Å²) in [6.45, 7) is 4.45. The maximum absolute atomic E-state index is 11.7. The second-order valence-electron chi connectivity index (χ2n) is 5.28. The SMILES string of the molecule is CC(C)Oc1ccc(CNC(=O)C2CCC2)cc1Cl. The van der Waals surface area contributed by atoms with Crippen molar-refractivity contribution >= 4 is 17.5 Å². The van der Waals surface area contributed by atoms with Crippen LogP contribution >= 0.6 is 11.6 Å². The third-order valence-electron chi connectivity index (χ3n) is 3.30. The number of amides is 1. The Morgan fingerprint density at radius 2 is 2.21 bits per heavy atom. The number of carbonyl (C=O) groups excluding carboxylic acids is 1. The third-order valence-corrected chi connectivity index (χ3v) is 3.60. The molecular weight excluding hydrogens is 262 g/mol. The zero-order valence-electron chi connectivity index (χ0n) is 11.4. The molecule has 1 aromatic carbocycles. The van der Waals surface area contributed by atoms with Gasteiger partial charge in [-0.3, -0.25) is 4.79 Å². The van der Waals surface area contributed by atoms with Crippen LogP contribution in [-0.2, 0) is 11.3 Å². The van der Waals surface area contributed by atoms with Gasteiger partial charge in [0.1, 0.15) is 5.75 Å². The molecule has 0 heterocycles. The molecule has 0 spiro atoms. The minimum atomic E-state index is 0.0988. The molecule has 19 heavy (non-hydrogen) atoms. The molecule has 2 rings (SSSR count). The van der Waals surface area contributed by atoms with Crippen molar-refractivity contribution < 1.29 is 9.53 Å². The van der Waals surface area contributed by atoms with Gasteiger partial charge in [-0.1, -0.05) is 24.1 Å². The van der Waals surface area contributed by atoms with Crippen LogP contribution in [0.3, 0.4) is 0 Å². The lowest BCUT2D eigenvalue weighted by molar-refractivity contribution is -0.127. The summed E-state index contributed by atoms with van der Waals surface area (Å²) >= 11 is 6.15. The van der Waals surface area contributed by atoms with Crippen molar-refractivity contribution in [3.05, 3.63) is 28.8 Å². The molecule has 0 atom stereocenters. The zero-order chi connectivity index (χ0) is 13.8. The van der Waals surface area contributed by atoms with Crippen molar-refractivity contribution in [1.82, 2.24) is 5.32 Å². The molecular formula is C15H20ClNO2. The van der Waals surface area contributed by atoms with E-state index >= 15 is 0 Å². The number of carbonyl (C=O) groups is 1. The van der Waals surface area contributed by atoms with Crippen molar-refractivity contribution in [1.29, 1.82) is 0 Å². The molecule has 0 saturated heterocycles. The Balaban J connectivity index is 1.90. The Morgan fingerprint density at radius 1 is 1.47 bits per heavy atom. The van der Waals surface area contributed by atoms with E-state index in [4.69, 9.17) is 16.3 Å². The normalized spacial score (nSPS) is 15.2. The number of nitrogens with one attached hydrogen (secondary N) is 1. The van der Waals surface area contributed by atoms with E-state index < -0.39 is 0 Å². The van der Waals surface area contributed by atoms with Gasteiger partial charge in [0.25, 0.3) is 0 Å². The second kappa shape index (κ2) is 6.29. The Bertz CT molecular complexity index is 455. The highest BCUT2D eigenvalue weighted by Crippen LogP contribution is 2.28. The van der Waals surface area contributed by atoms with Crippen LogP contribution in [0.4, 0.5) is 0 Å². The first-order chi connectivity index (χ1) is 9.06. The number of benzene rings is 1. The Labute approximate surface area is 119 Å². The topological polar surface area (TPSA) is 38.3 Å². The Hall–Kier alpha value is -1.22. The van der Waals surface area contributed by atoms with Gasteiger partial charge >= 0.3 is 0 Å². The quantitative estimate of drug-likeness (QED) is 0.896. The van der Waals surface area contributed by atoms with E-state index in [2.05, 4.69) is 5.32 Å². The van der Waals surface area contributed by atoms with Gasteiger partial charge in [0.15, 0.2) is 0 Å². The molecule has 1 aliphatic carbocycles. The van der Waals surface area contributed by atoms with Gasteiger partial charge in [0, 0.05) is 12.5 Å². The minimum Gasteiger partial charge on any atom is -0.489 e. The Morgan fingerprint density at radius 3 is 2.74 bits per heavy atom. The molecule has 1 amide bonds. The number of rotatable bonds is 5. The molecule has 0 aliphatic heterocycles. The van der Waals surface area contributed by atoms with Gasteiger partial charge in [0.2, 0.25) is 5.91 Å². The van der Waals surface area contributed by atoms with Crippen molar-refractivity contribution in [3.8, 4) is 5.75 Å². The van der Waals surface area contributed by atoms with Crippen LogP contribution in [-0.4, -0.2) is 12.0 Å². The van der Waals surface area contributed by atoms with Crippen LogP contribution in [0.2, 0.25) is 5.02 Å². The lowest BCUT2D eigenvalue weighted by Gasteiger charge is -2.24. The second-order valence-corrected chi connectivity index (χ2v) is 5.68. The lowest BCUT2D eigenvalue weighted by Crippen LogP contribution is -2.33. The fourth-order valence-corrected chi connectivity index (χ4v) is 2.26. The first-order valence-electron chi connectivity index (χ1n) is 6.79. The van der Waals surface area contributed by atoms with Crippen LogP contribution in [0.15, 0.2) is 18.2 Å². The van der Waals surface area contributed by atoms with E-state index in [1.807, 2.05) is 32.0 Å². The minimum absolute atomic E-state index is 0.0988. The molecule has 1 saturated carbocycles. The summed E-state index contributed by atoms with van der Waals surface area (Å²) in [5, 5.41) is 3.54. The van der Waals surface area contributed by atoms with Gasteiger partial charge in [-0.15, -0.1) is 0 Å². The average Bonchev–Trinajstić information content (AvgIpc) is 2.27. The average molecular weight is 282 g/mol. The molecule has 4 heteroatoms. The molecule has 0 unspecified atom stereocenters. The van der Waals surface area contributed by atoms with Gasteiger partial charge in [-0.05, 0) is 44.4 Å². The lowest BCUT2D eigenvalue weighted by atomic mass is 9.85. The predicted molar refractivity (Wildman–Crippen MR) is 76.4 cm³/mol. The fourth-order valence-electron chi connectivity index (χ4n) is 2.01. The molecule has 0 aromatic heterocycles. The molecule has 1 aliphatic rings. The van der Waals surface area contributed by atoms with E-state index in [1.54, 1.807) is 0 Å². The number of hydrogen-bond donors (Lipinski definition) is 1. The third kappa shape index (κ3) is 3.87. The summed E-state index contributed by atoms with van der Waals surface area (Å²) in [5.41, 5.74) is 0.994. The molecule has 3 nitrogen and oxygen atoms in total. The smallest absolute Gasteiger partial charge is 0.223 e. The van der Waals surface area contributed by atoms with Gasteiger partial charge in [-0.25, -0.2) is 0 Å². The summed E-state index contributed by atoms with van der Waals surface area (Å²) in [4.78, 5) is 11.7. The summed E-state index contributed by atoms with van der Waals surface area (Å²) < 4.78 is 5.57. The van der Waals surface area contributed by atoms with Crippen molar-refractivity contribution in [2.45, 2.75) is 45.8 Å². The van der Waals surface area contributed by atoms with E-state index in [0.29, 0.717) is 17.3 Å². The highest BCUT2D eigenvalue weighted by Gasteiger charge is 2.24. The number of hydrogen-bond acceptors (Lipinski definition) is 2. The van der Waals surface area contributed by atoms with E-state index in [0.717, 1.165) is 18.4 Å². The maximum Gasteiger partial charge on any atom is 0.223 e. The molecule has 1 N–H and O–H groups in total. The zero-order valence-corrected chi connectivity index (χ0v) is 12.2. The van der Waals surface area contributed by atoms with Gasteiger partial charge in [-0.2, -0.15) is 0 Å². The van der Waals surface area contributed by atoms with Crippen LogP contribution in [0.25, 0.3) is 0 Å². The van der Waals surface area contributed by atoms with Crippen LogP contribution in [0, 0.1) is 5.92 Å². The first-order valence-corrected chi connectivity index (χ1v) is 7.17. The van der Waals surface area contributed by atoms with Gasteiger partial charge < -0.3 is 10.1 Å². The molecule has 1 aromatic rings. The fraction of sp³-hybridized carbons (Fsp3) is 0.533. The number of halogens is 1. The van der Waals surface area contributed by atoms with Gasteiger partial charge in [0.05, 0.1) is 11.1 Å². The standard InChI is InChI=1S/C15H20ClNO2/c1-10(2)19-14-7-6-11(8-13(14)16)9-17-15(18)12-4-3-5-12/h6-8,10,12H,3-5,9H2,1-2H3,(H,17,18). The maximum atomic E-state index is 11.7. The van der Waals surface area contributed by atoms with Crippen LogP contribution in [0.5, 0.6) is 5.75 Å². The van der Waals surface area contributed by atoms with E-state index in [9.17, 15) is 4.79 Å². The summed E-state index contributed by atoms with van der Waals surface area (Å²) in [5.74, 6) is 1.06. The van der Waals surface area contributed by atoms with Crippen molar-refractivity contribution in [2.24, 2.45) is 5.92 Å². The highest BCUT2D eigenvalue weighted by molar-refractivity contribution is 6.32. The summed E-state index contributed by atoms with van der Waals surface area (Å²) in [7, 11) is 0. The van der Waals surface area contributed by atoms with Crippen LogP contribution in [0.1, 0.15) is 38.7 Å². The monoisotopic (exact) mass is 281 g/mol. The van der Waals surface area contributed by atoms with Crippen LogP contribution < -0.4 is 10.1 Å². The molecule has 1 fully saturated rings. The molecule has 104 valence electrons. The Kier molecular flexibility index (Phi) is 4.70.